The maximum Gasteiger partial charge on any atom is 0.235 e. The van der Waals surface area contributed by atoms with Crippen molar-refractivity contribution in [3.05, 3.63) is 16.1 Å². The van der Waals surface area contributed by atoms with Gasteiger partial charge in [0.1, 0.15) is 11.3 Å². The Hall–Kier alpha value is -1.52. The van der Waals surface area contributed by atoms with Gasteiger partial charge >= 0.3 is 0 Å². The molecular formula is C14H16BrNO4. The van der Waals surface area contributed by atoms with Crippen molar-refractivity contribution in [1.29, 1.82) is 0 Å². The van der Waals surface area contributed by atoms with Crippen molar-refractivity contribution in [2.45, 2.75) is 24.8 Å². The second-order valence-electron chi connectivity index (χ2n) is 4.59. The highest BCUT2D eigenvalue weighted by Gasteiger charge is 2.44. The number of ether oxygens (including phenoxy) is 3. The van der Waals surface area contributed by atoms with Crippen LogP contribution in [0.3, 0.4) is 0 Å². The molecule has 1 aromatic rings. The molecule has 6 heteroatoms. The Bertz CT molecular complexity index is 563. The van der Waals surface area contributed by atoms with Crippen molar-refractivity contribution < 1.29 is 19.0 Å². The van der Waals surface area contributed by atoms with E-state index in [1.54, 1.807) is 33.5 Å². The Morgan fingerprint density at radius 2 is 1.85 bits per heavy atom. The predicted molar refractivity (Wildman–Crippen MR) is 77.4 cm³/mol. The summed E-state index contributed by atoms with van der Waals surface area (Å²) in [6, 6.07) is 1.75. The second kappa shape index (κ2) is 5.85. The Balaban J connectivity index is 2.71. The van der Waals surface area contributed by atoms with Gasteiger partial charge in [-0.05, 0) is 35.2 Å². The molecule has 0 spiro atoms. The molecule has 2 rings (SSSR count). The van der Waals surface area contributed by atoms with Crippen LogP contribution in [0.25, 0.3) is 0 Å². The summed E-state index contributed by atoms with van der Waals surface area (Å²) < 4.78 is 16.8. The molecule has 0 aliphatic heterocycles. The maximum absolute atomic E-state index is 10.8. The molecule has 0 radical (unpaired) electrons. The average molecular weight is 342 g/mol. The van der Waals surface area contributed by atoms with Gasteiger partial charge in [0.25, 0.3) is 0 Å². The fourth-order valence-electron chi connectivity index (χ4n) is 2.54. The molecule has 0 unspecified atom stereocenters. The SMILES string of the molecule is COc1cc(OC)c(C2(N=C=O)CCC2)c(Br)c1OC. The third-order valence-corrected chi connectivity index (χ3v) is 4.46. The molecule has 0 amide bonds. The molecule has 0 atom stereocenters. The van der Waals surface area contributed by atoms with Gasteiger partial charge in [-0.15, -0.1) is 0 Å². The molecule has 0 saturated heterocycles. The molecule has 0 heterocycles. The van der Waals surface area contributed by atoms with Crippen molar-refractivity contribution in [3.63, 3.8) is 0 Å². The Kier molecular flexibility index (Phi) is 4.35. The molecule has 1 aliphatic rings. The molecule has 1 saturated carbocycles. The van der Waals surface area contributed by atoms with Crippen LogP contribution in [0, 0.1) is 0 Å². The van der Waals surface area contributed by atoms with Crippen LogP contribution in [0.2, 0.25) is 0 Å². The van der Waals surface area contributed by atoms with Crippen molar-refractivity contribution in [2.24, 2.45) is 4.99 Å². The highest BCUT2D eigenvalue weighted by molar-refractivity contribution is 9.10. The van der Waals surface area contributed by atoms with Gasteiger partial charge in [-0.25, -0.2) is 4.79 Å². The van der Waals surface area contributed by atoms with E-state index in [4.69, 9.17) is 14.2 Å². The zero-order valence-electron chi connectivity index (χ0n) is 11.7. The Morgan fingerprint density at radius 1 is 1.20 bits per heavy atom. The monoisotopic (exact) mass is 341 g/mol. The van der Waals surface area contributed by atoms with Crippen molar-refractivity contribution >= 4 is 22.0 Å². The van der Waals surface area contributed by atoms with Crippen LogP contribution in [0.5, 0.6) is 17.2 Å². The van der Waals surface area contributed by atoms with Crippen LogP contribution in [0.15, 0.2) is 15.5 Å². The van der Waals surface area contributed by atoms with Gasteiger partial charge in [0, 0.05) is 11.6 Å². The van der Waals surface area contributed by atoms with Gasteiger partial charge in [-0.1, -0.05) is 0 Å². The Morgan fingerprint density at radius 3 is 2.25 bits per heavy atom. The number of aliphatic imine (C=N–C) groups is 1. The van der Waals surface area contributed by atoms with Crippen LogP contribution in [-0.2, 0) is 10.3 Å². The summed E-state index contributed by atoms with van der Waals surface area (Å²) in [5, 5.41) is 0. The third-order valence-electron chi connectivity index (χ3n) is 3.70. The van der Waals surface area contributed by atoms with E-state index in [0.29, 0.717) is 21.7 Å². The number of isocyanates is 1. The average Bonchev–Trinajstić information content (AvgIpc) is 2.42. The van der Waals surface area contributed by atoms with Gasteiger partial charge in [0.2, 0.25) is 6.08 Å². The van der Waals surface area contributed by atoms with Crippen LogP contribution in [0.1, 0.15) is 24.8 Å². The van der Waals surface area contributed by atoms with Gasteiger partial charge in [0.15, 0.2) is 11.5 Å². The summed E-state index contributed by atoms with van der Waals surface area (Å²) in [4.78, 5) is 14.8. The first-order chi connectivity index (χ1) is 9.63. The number of hydrogen-bond acceptors (Lipinski definition) is 5. The van der Waals surface area contributed by atoms with Gasteiger partial charge in [-0.3, -0.25) is 0 Å². The molecule has 5 nitrogen and oxygen atoms in total. The van der Waals surface area contributed by atoms with E-state index in [1.807, 2.05) is 0 Å². The molecule has 0 bridgehead atoms. The fraction of sp³-hybridized carbons (Fsp3) is 0.500. The highest BCUT2D eigenvalue weighted by Crippen LogP contribution is 2.54. The standard InChI is InChI=1S/C14H16BrNO4/c1-18-9-7-10(19-2)13(20-3)12(15)11(9)14(16-8-17)5-4-6-14/h7H,4-6H2,1-3H3. The molecule has 0 N–H and O–H groups in total. The van der Waals surface area contributed by atoms with Gasteiger partial charge in [0.05, 0.1) is 25.8 Å². The van der Waals surface area contributed by atoms with Crippen LogP contribution < -0.4 is 14.2 Å². The minimum Gasteiger partial charge on any atom is -0.496 e. The largest absolute Gasteiger partial charge is 0.496 e. The van der Waals surface area contributed by atoms with Crippen LogP contribution in [0.4, 0.5) is 0 Å². The number of hydrogen-bond donors (Lipinski definition) is 0. The fourth-order valence-corrected chi connectivity index (χ4v) is 3.46. The lowest BCUT2D eigenvalue weighted by atomic mass is 9.72. The molecule has 1 aromatic carbocycles. The van der Waals surface area contributed by atoms with Crippen molar-refractivity contribution in [1.82, 2.24) is 0 Å². The zero-order valence-corrected chi connectivity index (χ0v) is 13.2. The van der Waals surface area contributed by atoms with E-state index >= 15 is 0 Å². The Labute approximate surface area is 126 Å². The second-order valence-corrected chi connectivity index (χ2v) is 5.38. The lowest BCUT2D eigenvalue weighted by Gasteiger charge is -2.38. The zero-order chi connectivity index (χ0) is 14.8. The minimum absolute atomic E-state index is 0.560. The summed E-state index contributed by atoms with van der Waals surface area (Å²) in [5.41, 5.74) is 0.234. The summed E-state index contributed by atoms with van der Waals surface area (Å²) in [7, 11) is 4.70. The lowest BCUT2D eigenvalue weighted by molar-refractivity contribution is 0.242. The topological polar surface area (TPSA) is 57.1 Å². The lowest BCUT2D eigenvalue weighted by Crippen LogP contribution is -2.33. The summed E-state index contributed by atoms with van der Waals surface area (Å²) in [6.07, 6.45) is 4.26. The number of nitrogens with zero attached hydrogens (tertiary/aromatic N) is 1. The molecule has 108 valence electrons. The molecule has 1 fully saturated rings. The summed E-state index contributed by atoms with van der Waals surface area (Å²) in [5.74, 6) is 1.74. The van der Waals surface area contributed by atoms with E-state index in [-0.39, 0.29) is 0 Å². The van der Waals surface area contributed by atoms with Crippen molar-refractivity contribution in [3.8, 4) is 17.2 Å². The normalized spacial score (nSPS) is 15.8. The van der Waals surface area contributed by atoms with Gasteiger partial charge in [-0.2, -0.15) is 4.99 Å². The number of halogens is 1. The number of rotatable bonds is 5. The first kappa shape index (κ1) is 14.9. The van der Waals surface area contributed by atoms with Crippen LogP contribution >= 0.6 is 15.9 Å². The molecule has 20 heavy (non-hydrogen) atoms. The van der Waals surface area contributed by atoms with E-state index in [9.17, 15) is 4.79 Å². The first-order valence-corrected chi connectivity index (χ1v) is 7.00. The van der Waals surface area contributed by atoms with Gasteiger partial charge < -0.3 is 14.2 Å². The summed E-state index contributed by atoms with van der Waals surface area (Å²) >= 11 is 3.53. The van der Waals surface area contributed by atoms with E-state index in [2.05, 4.69) is 20.9 Å². The minimum atomic E-state index is -0.578. The molecular weight excluding hydrogens is 326 g/mol. The quantitative estimate of drug-likeness (QED) is 0.609. The van der Waals surface area contributed by atoms with Crippen molar-refractivity contribution in [2.75, 3.05) is 21.3 Å². The number of methoxy groups -OCH3 is 3. The van der Waals surface area contributed by atoms with E-state index in [1.165, 1.54) is 0 Å². The smallest absolute Gasteiger partial charge is 0.235 e. The molecule has 0 aromatic heterocycles. The highest BCUT2D eigenvalue weighted by atomic mass is 79.9. The maximum atomic E-state index is 10.8. The number of carbonyl (C=O) groups excluding carboxylic acids is 1. The van der Waals surface area contributed by atoms with Crippen LogP contribution in [-0.4, -0.2) is 27.4 Å². The number of benzene rings is 1. The summed E-state index contributed by atoms with van der Waals surface area (Å²) in [6.45, 7) is 0. The predicted octanol–water partition coefficient (Wildman–Crippen LogP) is 3.19. The first-order valence-electron chi connectivity index (χ1n) is 6.21. The molecule has 1 aliphatic carbocycles. The van der Waals surface area contributed by atoms with E-state index < -0.39 is 5.54 Å². The third kappa shape index (κ3) is 2.19. The van der Waals surface area contributed by atoms with E-state index in [0.717, 1.165) is 24.8 Å².